The lowest BCUT2D eigenvalue weighted by Gasteiger charge is -2.12. The van der Waals surface area contributed by atoms with E-state index in [1.54, 1.807) is 0 Å². The second kappa shape index (κ2) is 6.51. The number of carbonyl (C=O) groups is 1. The maximum Gasteiger partial charge on any atom is 0.283 e. The molecular formula is C17H18ClF2N3O. The fourth-order valence-corrected chi connectivity index (χ4v) is 3.18. The van der Waals surface area contributed by atoms with E-state index in [4.69, 9.17) is 11.6 Å². The van der Waals surface area contributed by atoms with E-state index in [0.717, 1.165) is 29.7 Å². The van der Waals surface area contributed by atoms with Crippen molar-refractivity contribution in [1.82, 2.24) is 9.78 Å². The first-order valence-corrected chi connectivity index (χ1v) is 8.16. The number of hydrogen-bond acceptors (Lipinski definition) is 2. The molecule has 1 aliphatic carbocycles. The van der Waals surface area contributed by atoms with Gasteiger partial charge in [-0.3, -0.25) is 9.48 Å². The van der Waals surface area contributed by atoms with Gasteiger partial charge >= 0.3 is 0 Å². The number of anilines is 1. The zero-order chi connectivity index (χ0) is 17.4. The number of aryl methyl sites for hydroxylation is 2. The molecule has 2 aromatic rings. The molecule has 1 aromatic carbocycles. The fraction of sp³-hybridized carbons (Fsp3) is 0.412. The highest BCUT2D eigenvalue weighted by atomic mass is 35.5. The van der Waals surface area contributed by atoms with E-state index in [2.05, 4.69) is 10.4 Å². The van der Waals surface area contributed by atoms with Crippen LogP contribution in [0.5, 0.6) is 0 Å². The summed E-state index contributed by atoms with van der Waals surface area (Å²) in [7, 11) is 0. The third-order valence-electron chi connectivity index (χ3n) is 4.17. The second-order valence-electron chi connectivity index (χ2n) is 6.13. The Balaban J connectivity index is 1.83. The lowest BCUT2D eigenvalue weighted by atomic mass is 10.1. The molecule has 0 radical (unpaired) electrons. The largest absolute Gasteiger partial charge is 0.324 e. The first-order valence-electron chi connectivity index (χ1n) is 7.78. The van der Waals surface area contributed by atoms with E-state index in [1.807, 2.05) is 32.0 Å². The molecule has 24 heavy (non-hydrogen) atoms. The molecule has 0 bridgehead atoms. The molecule has 1 N–H and O–H groups in total. The van der Waals surface area contributed by atoms with E-state index < -0.39 is 12.1 Å². The van der Waals surface area contributed by atoms with E-state index in [1.165, 1.54) is 4.68 Å². The zero-order valence-corrected chi connectivity index (χ0v) is 14.2. The molecule has 1 aliphatic rings. The van der Waals surface area contributed by atoms with Gasteiger partial charge in [0.1, 0.15) is 12.2 Å². The predicted octanol–water partition coefficient (Wildman–Crippen LogP) is 4.61. The van der Waals surface area contributed by atoms with Crippen LogP contribution in [0.3, 0.4) is 0 Å². The number of carbonyl (C=O) groups excluding carboxylic acids is 1. The summed E-state index contributed by atoms with van der Waals surface area (Å²) in [5.74, 6) is -0.195. The van der Waals surface area contributed by atoms with Gasteiger partial charge in [0, 0.05) is 11.6 Å². The van der Waals surface area contributed by atoms with Crippen LogP contribution in [-0.4, -0.2) is 15.7 Å². The summed E-state index contributed by atoms with van der Waals surface area (Å²) < 4.78 is 27.4. The number of hydrogen-bond donors (Lipinski definition) is 1. The summed E-state index contributed by atoms with van der Waals surface area (Å²) in [6.45, 7) is 3.67. The van der Waals surface area contributed by atoms with E-state index in [0.29, 0.717) is 5.69 Å². The molecule has 1 aromatic heterocycles. The molecule has 0 unspecified atom stereocenters. The lowest BCUT2D eigenvalue weighted by molar-refractivity contribution is -0.117. The Morgan fingerprint density at radius 1 is 1.38 bits per heavy atom. The second-order valence-corrected chi connectivity index (χ2v) is 6.51. The van der Waals surface area contributed by atoms with Crippen LogP contribution in [0.1, 0.15) is 47.7 Å². The number of halogens is 3. The third kappa shape index (κ3) is 3.29. The molecule has 0 aliphatic heterocycles. The van der Waals surface area contributed by atoms with Gasteiger partial charge in [0.2, 0.25) is 5.91 Å². The Hall–Kier alpha value is -1.95. The van der Waals surface area contributed by atoms with Crippen LogP contribution in [0.15, 0.2) is 18.2 Å². The van der Waals surface area contributed by atoms with Crippen LogP contribution in [-0.2, 0) is 11.3 Å². The molecule has 0 atom stereocenters. The Morgan fingerprint density at radius 3 is 2.54 bits per heavy atom. The summed E-state index contributed by atoms with van der Waals surface area (Å²) >= 11 is 6.06. The number of rotatable bonds is 5. The van der Waals surface area contributed by atoms with Gasteiger partial charge in [-0.15, -0.1) is 0 Å². The van der Waals surface area contributed by atoms with E-state index in [9.17, 15) is 13.6 Å². The van der Waals surface area contributed by atoms with Crippen molar-refractivity contribution in [3.05, 3.63) is 45.7 Å². The van der Waals surface area contributed by atoms with Crippen molar-refractivity contribution < 1.29 is 13.6 Å². The summed E-state index contributed by atoms with van der Waals surface area (Å²) in [5, 5.41) is 6.70. The highest BCUT2D eigenvalue weighted by Gasteiger charge is 2.34. The van der Waals surface area contributed by atoms with Gasteiger partial charge in [-0.2, -0.15) is 5.10 Å². The summed E-state index contributed by atoms with van der Waals surface area (Å²) in [6.07, 6.45) is -0.989. The average molecular weight is 354 g/mol. The molecule has 4 nitrogen and oxygen atoms in total. The van der Waals surface area contributed by atoms with Crippen LogP contribution >= 0.6 is 11.6 Å². The third-order valence-corrected chi connectivity index (χ3v) is 4.55. The topological polar surface area (TPSA) is 46.9 Å². The average Bonchev–Trinajstić information content (AvgIpc) is 3.28. The van der Waals surface area contributed by atoms with Crippen molar-refractivity contribution in [3.63, 3.8) is 0 Å². The monoisotopic (exact) mass is 353 g/mol. The van der Waals surface area contributed by atoms with Crippen LogP contribution in [0.4, 0.5) is 14.5 Å². The molecule has 1 heterocycles. The fourth-order valence-electron chi connectivity index (χ4n) is 2.81. The number of aromatic nitrogens is 2. The van der Waals surface area contributed by atoms with Crippen molar-refractivity contribution in [2.24, 2.45) is 0 Å². The number of para-hydroxylation sites is 1. The minimum absolute atomic E-state index is 0.00706. The summed E-state index contributed by atoms with van der Waals surface area (Å²) in [5.41, 5.74) is 2.72. The maximum absolute atomic E-state index is 13.0. The van der Waals surface area contributed by atoms with Crippen molar-refractivity contribution in [3.8, 4) is 0 Å². The van der Waals surface area contributed by atoms with Crippen molar-refractivity contribution in [2.75, 3.05) is 5.32 Å². The van der Waals surface area contributed by atoms with Gasteiger partial charge in [-0.25, -0.2) is 8.78 Å². The summed E-state index contributed by atoms with van der Waals surface area (Å²) in [4.78, 5) is 12.4. The van der Waals surface area contributed by atoms with Crippen LogP contribution in [0.25, 0.3) is 0 Å². The minimum Gasteiger partial charge on any atom is -0.324 e. The smallest absolute Gasteiger partial charge is 0.283 e. The zero-order valence-electron chi connectivity index (χ0n) is 13.4. The molecule has 1 amide bonds. The quantitative estimate of drug-likeness (QED) is 0.853. The summed E-state index contributed by atoms with van der Waals surface area (Å²) in [6, 6.07) is 5.71. The lowest BCUT2D eigenvalue weighted by Crippen LogP contribution is -2.21. The minimum atomic E-state index is -2.75. The first-order chi connectivity index (χ1) is 11.4. The van der Waals surface area contributed by atoms with Gasteiger partial charge in [0.05, 0.1) is 10.7 Å². The van der Waals surface area contributed by atoms with E-state index in [-0.39, 0.29) is 23.4 Å². The van der Waals surface area contributed by atoms with Gasteiger partial charge in [-0.1, -0.05) is 29.8 Å². The molecule has 0 saturated heterocycles. The van der Waals surface area contributed by atoms with Crippen LogP contribution < -0.4 is 5.32 Å². The number of amides is 1. The Labute approximate surface area is 143 Å². The van der Waals surface area contributed by atoms with Gasteiger partial charge in [-0.05, 0) is 37.8 Å². The normalized spacial score (nSPS) is 14.2. The van der Waals surface area contributed by atoms with Gasteiger partial charge < -0.3 is 5.32 Å². The van der Waals surface area contributed by atoms with Gasteiger partial charge in [0.15, 0.2) is 0 Å². The molecule has 0 spiro atoms. The predicted molar refractivity (Wildman–Crippen MR) is 88.7 cm³/mol. The first kappa shape index (κ1) is 16.9. The Bertz CT molecular complexity index is 764. The molecule has 3 rings (SSSR count). The SMILES string of the molecule is Cc1cccc(C)c1NC(=O)Cn1nc(C(F)F)c(Cl)c1C1CC1. The number of benzene rings is 1. The van der Waals surface area contributed by atoms with Crippen molar-refractivity contribution >= 4 is 23.2 Å². The molecule has 1 saturated carbocycles. The molecule has 7 heteroatoms. The molecular weight excluding hydrogens is 336 g/mol. The van der Waals surface area contributed by atoms with Crippen molar-refractivity contribution in [1.29, 1.82) is 0 Å². The van der Waals surface area contributed by atoms with E-state index >= 15 is 0 Å². The maximum atomic E-state index is 13.0. The molecule has 1 fully saturated rings. The highest BCUT2D eigenvalue weighted by molar-refractivity contribution is 6.32. The number of nitrogens with zero attached hydrogens (tertiary/aromatic N) is 2. The standard InChI is InChI=1S/C17H18ClF2N3O/c1-9-4-3-5-10(2)14(9)21-12(24)8-23-16(11-6-7-11)13(18)15(22-23)17(19)20/h3-5,11,17H,6-8H2,1-2H3,(H,21,24). The molecule has 128 valence electrons. The van der Waals surface area contributed by atoms with Crippen molar-refractivity contribution in [2.45, 2.75) is 45.6 Å². The van der Waals surface area contributed by atoms with Gasteiger partial charge in [0.25, 0.3) is 6.43 Å². The highest BCUT2D eigenvalue weighted by Crippen LogP contribution is 2.45. The van der Waals surface area contributed by atoms with Crippen LogP contribution in [0, 0.1) is 13.8 Å². The Kier molecular flexibility index (Phi) is 4.58. The number of nitrogens with one attached hydrogen (secondary N) is 1. The van der Waals surface area contributed by atoms with Crippen LogP contribution in [0.2, 0.25) is 5.02 Å². The Morgan fingerprint density at radius 2 is 2.00 bits per heavy atom. The number of alkyl halides is 2.